The Morgan fingerprint density at radius 3 is 2.35 bits per heavy atom. The molecule has 0 heterocycles. The summed E-state index contributed by atoms with van der Waals surface area (Å²) in [5.74, 6) is -2.82. The van der Waals surface area contributed by atoms with Crippen LogP contribution < -0.4 is 5.32 Å². The summed E-state index contributed by atoms with van der Waals surface area (Å²) >= 11 is 11.3. The molecule has 0 aliphatic rings. The van der Waals surface area contributed by atoms with E-state index in [0.717, 1.165) is 0 Å². The van der Waals surface area contributed by atoms with Gasteiger partial charge in [-0.1, -0.05) is 23.2 Å². The number of hydrogen-bond donors (Lipinski definition) is 2. The van der Waals surface area contributed by atoms with Crippen molar-refractivity contribution in [2.45, 2.75) is 18.6 Å². The number of halogens is 5. The molecule has 0 fully saturated rings. The Balaban J connectivity index is 2.88. The second-order valence-electron chi connectivity index (χ2n) is 3.81. The lowest BCUT2D eigenvalue weighted by Crippen LogP contribution is -2.43. The summed E-state index contributed by atoms with van der Waals surface area (Å²) in [5.41, 5.74) is -0.163. The average Bonchev–Trinajstić information content (AvgIpc) is 2.25. The summed E-state index contributed by atoms with van der Waals surface area (Å²) in [5, 5.41) is 10.6. The van der Waals surface area contributed by atoms with Crippen LogP contribution >= 0.6 is 23.2 Å². The van der Waals surface area contributed by atoms with E-state index in [1.807, 2.05) is 0 Å². The molecule has 0 saturated carbocycles. The molecule has 0 aromatic heterocycles. The first-order chi connectivity index (χ1) is 9.10. The van der Waals surface area contributed by atoms with E-state index in [2.05, 4.69) is 0 Å². The van der Waals surface area contributed by atoms with Gasteiger partial charge in [-0.25, -0.2) is 4.79 Å². The molecular formula is C11H8Cl2F3NO3. The maximum Gasteiger partial charge on any atom is 0.391 e. The Labute approximate surface area is 121 Å². The van der Waals surface area contributed by atoms with Crippen molar-refractivity contribution in [3.05, 3.63) is 33.8 Å². The van der Waals surface area contributed by atoms with E-state index in [4.69, 9.17) is 28.3 Å². The van der Waals surface area contributed by atoms with Crippen LogP contribution in [0.4, 0.5) is 13.2 Å². The van der Waals surface area contributed by atoms with Crippen molar-refractivity contribution in [2.75, 3.05) is 0 Å². The van der Waals surface area contributed by atoms with Gasteiger partial charge in [0.2, 0.25) is 0 Å². The third-order valence-corrected chi connectivity index (χ3v) is 2.76. The number of carbonyl (C=O) groups is 2. The molecule has 1 atom stereocenters. The summed E-state index contributed by atoms with van der Waals surface area (Å²) < 4.78 is 36.6. The second kappa shape index (κ2) is 6.32. The van der Waals surface area contributed by atoms with E-state index >= 15 is 0 Å². The first-order valence-electron chi connectivity index (χ1n) is 5.15. The number of carbonyl (C=O) groups excluding carboxylic acids is 1. The fraction of sp³-hybridized carbons (Fsp3) is 0.273. The third kappa shape index (κ3) is 4.90. The minimum Gasteiger partial charge on any atom is -0.480 e. The van der Waals surface area contributed by atoms with Crippen LogP contribution in [-0.2, 0) is 4.79 Å². The van der Waals surface area contributed by atoms with Gasteiger partial charge in [0.05, 0.1) is 17.0 Å². The van der Waals surface area contributed by atoms with E-state index in [0.29, 0.717) is 0 Å². The molecule has 2 N–H and O–H groups in total. The van der Waals surface area contributed by atoms with Crippen LogP contribution in [0.5, 0.6) is 0 Å². The predicted molar refractivity (Wildman–Crippen MR) is 66.0 cm³/mol. The van der Waals surface area contributed by atoms with Gasteiger partial charge in [0, 0.05) is 5.02 Å². The van der Waals surface area contributed by atoms with Gasteiger partial charge in [-0.2, -0.15) is 13.2 Å². The fourth-order valence-electron chi connectivity index (χ4n) is 1.34. The lowest BCUT2D eigenvalue weighted by Gasteiger charge is -2.16. The van der Waals surface area contributed by atoms with Crippen LogP contribution in [0.2, 0.25) is 10.0 Å². The van der Waals surface area contributed by atoms with Gasteiger partial charge in [-0.3, -0.25) is 4.79 Å². The third-order valence-electron chi connectivity index (χ3n) is 2.21. The number of nitrogens with one attached hydrogen (secondary N) is 1. The zero-order valence-corrected chi connectivity index (χ0v) is 11.2. The minimum absolute atomic E-state index is 0.0915. The summed E-state index contributed by atoms with van der Waals surface area (Å²) in [4.78, 5) is 22.4. The summed E-state index contributed by atoms with van der Waals surface area (Å²) in [6.45, 7) is 0. The highest BCUT2D eigenvalue weighted by Gasteiger charge is 2.36. The lowest BCUT2D eigenvalue weighted by molar-refractivity contribution is -0.157. The molecule has 1 aromatic carbocycles. The molecule has 1 amide bonds. The van der Waals surface area contributed by atoms with Crippen LogP contribution in [-0.4, -0.2) is 29.2 Å². The standard InChI is InChI=1S/C11H8Cl2F3NO3/c12-5-1-2-6(7(13)3-5)9(18)17-8(10(19)20)4-11(14,15)16/h1-3,8H,4H2,(H,17,18)(H,19,20). The van der Waals surface area contributed by atoms with Gasteiger partial charge in [0.15, 0.2) is 0 Å². The van der Waals surface area contributed by atoms with E-state index in [1.165, 1.54) is 18.2 Å². The van der Waals surface area contributed by atoms with E-state index in [1.54, 1.807) is 5.32 Å². The highest BCUT2D eigenvalue weighted by molar-refractivity contribution is 6.36. The number of amides is 1. The molecule has 1 aromatic rings. The molecule has 0 aliphatic carbocycles. The molecule has 0 aliphatic heterocycles. The Kier molecular flexibility index (Phi) is 5.24. The first-order valence-corrected chi connectivity index (χ1v) is 5.91. The summed E-state index contributed by atoms with van der Waals surface area (Å²) in [6.07, 6.45) is -6.40. The van der Waals surface area contributed by atoms with E-state index < -0.39 is 30.5 Å². The van der Waals surface area contributed by atoms with Crippen molar-refractivity contribution in [2.24, 2.45) is 0 Å². The van der Waals surface area contributed by atoms with Gasteiger partial charge >= 0.3 is 12.1 Å². The van der Waals surface area contributed by atoms with Crippen LogP contribution in [0.1, 0.15) is 16.8 Å². The fourth-order valence-corrected chi connectivity index (χ4v) is 1.84. The topological polar surface area (TPSA) is 66.4 Å². The number of aliphatic carboxylic acids is 1. The number of carboxylic acid groups (broad SMARTS) is 1. The van der Waals surface area contributed by atoms with Crippen molar-refractivity contribution in [3.63, 3.8) is 0 Å². The Bertz CT molecular complexity index is 534. The predicted octanol–water partition coefficient (Wildman–Crippen LogP) is 3.13. The molecule has 9 heteroatoms. The first kappa shape index (κ1) is 16.6. The normalized spacial score (nSPS) is 12.8. The molecule has 0 spiro atoms. The van der Waals surface area contributed by atoms with Crippen molar-refractivity contribution in [1.29, 1.82) is 0 Å². The number of benzene rings is 1. The molecule has 4 nitrogen and oxygen atoms in total. The van der Waals surface area contributed by atoms with Crippen LogP contribution in [0.15, 0.2) is 18.2 Å². The van der Waals surface area contributed by atoms with Crippen LogP contribution in [0.3, 0.4) is 0 Å². The van der Waals surface area contributed by atoms with Gasteiger partial charge < -0.3 is 10.4 Å². The number of alkyl halides is 3. The maximum atomic E-state index is 12.2. The smallest absolute Gasteiger partial charge is 0.391 e. The van der Waals surface area contributed by atoms with Gasteiger partial charge in [0.25, 0.3) is 5.91 Å². The molecule has 0 bridgehead atoms. The number of hydrogen-bond acceptors (Lipinski definition) is 2. The number of rotatable bonds is 4. The van der Waals surface area contributed by atoms with Crippen LogP contribution in [0, 0.1) is 0 Å². The van der Waals surface area contributed by atoms with Crippen molar-refractivity contribution in [1.82, 2.24) is 5.32 Å². The number of carboxylic acids is 1. The van der Waals surface area contributed by atoms with Gasteiger partial charge in [0.1, 0.15) is 6.04 Å². The molecule has 1 rings (SSSR count). The highest BCUT2D eigenvalue weighted by atomic mass is 35.5. The summed E-state index contributed by atoms with van der Waals surface area (Å²) in [7, 11) is 0. The molecular weight excluding hydrogens is 322 g/mol. The molecule has 0 saturated heterocycles. The average molecular weight is 330 g/mol. The summed E-state index contributed by atoms with van der Waals surface area (Å²) in [6, 6.07) is 1.63. The van der Waals surface area contributed by atoms with Gasteiger partial charge in [-0.15, -0.1) is 0 Å². The minimum atomic E-state index is -4.72. The van der Waals surface area contributed by atoms with Gasteiger partial charge in [-0.05, 0) is 18.2 Å². The van der Waals surface area contributed by atoms with E-state index in [-0.39, 0.29) is 15.6 Å². The molecule has 20 heavy (non-hydrogen) atoms. The van der Waals surface area contributed by atoms with Crippen molar-refractivity contribution >= 4 is 35.1 Å². The maximum absolute atomic E-state index is 12.2. The van der Waals surface area contributed by atoms with Crippen molar-refractivity contribution in [3.8, 4) is 0 Å². The zero-order valence-electron chi connectivity index (χ0n) is 9.67. The zero-order chi connectivity index (χ0) is 15.5. The lowest BCUT2D eigenvalue weighted by atomic mass is 10.1. The molecule has 1 unspecified atom stereocenters. The molecule has 110 valence electrons. The Morgan fingerprint density at radius 2 is 1.90 bits per heavy atom. The second-order valence-corrected chi connectivity index (χ2v) is 4.65. The van der Waals surface area contributed by atoms with E-state index in [9.17, 15) is 22.8 Å². The highest BCUT2D eigenvalue weighted by Crippen LogP contribution is 2.23. The SMILES string of the molecule is O=C(NC(CC(F)(F)F)C(=O)O)c1ccc(Cl)cc1Cl. The monoisotopic (exact) mass is 329 g/mol. The van der Waals surface area contributed by atoms with Crippen LogP contribution in [0.25, 0.3) is 0 Å². The Hall–Kier alpha value is -1.47. The molecule has 0 radical (unpaired) electrons. The van der Waals surface area contributed by atoms with Crippen molar-refractivity contribution < 1.29 is 27.9 Å². The Morgan fingerprint density at radius 1 is 1.30 bits per heavy atom. The quantitative estimate of drug-likeness (QED) is 0.891. The largest absolute Gasteiger partial charge is 0.480 e.